The van der Waals surface area contributed by atoms with Crippen LogP contribution in [0.25, 0.3) is 5.69 Å². The summed E-state index contributed by atoms with van der Waals surface area (Å²) in [5.41, 5.74) is -0.439. The molecule has 136 valence electrons. The number of rotatable bonds is 4. The number of anilines is 1. The third-order valence-electron chi connectivity index (χ3n) is 3.14. The Morgan fingerprint density at radius 3 is 2.42 bits per heavy atom. The predicted molar refractivity (Wildman–Crippen MR) is 89.6 cm³/mol. The van der Waals surface area contributed by atoms with Crippen molar-refractivity contribution in [2.24, 2.45) is 0 Å². The zero-order valence-electron chi connectivity index (χ0n) is 13.4. The van der Waals surface area contributed by atoms with Crippen LogP contribution in [0.3, 0.4) is 0 Å². The van der Waals surface area contributed by atoms with Gasteiger partial charge in [-0.25, -0.2) is 9.97 Å². The molecule has 26 heavy (non-hydrogen) atoms. The van der Waals surface area contributed by atoms with E-state index >= 15 is 0 Å². The van der Waals surface area contributed by atoms with E-state index < -0.39 is 11.9 Å². The van der Waals surface area contributed by atoms with Crippen molar-refractivity contribution in [3.05, 3.63) is 41.0 Å². The molecule has 3 aromatic rings. The Morgan fingerprint density at radius 2 is 1.81 bits per heavy atom. The first kappa shape index (κ1) is 18.4. The lowest BCUT2D eigenvalue weighted by atomic mass is 10.3. The van der Waals surface area contributed by atoms with E-state index in [1.165, 1.54) is 9.58 Å². The van der Waals surface area contributed by atoms with Gasteiger partial charge in [-0.1, -0.05) is 11.6 Å². The van der Waals surface area contributed by atoms with Crippen LogP contribution in [0.15, 0.2) is 40.6 Å². The molecule has 0 saturated carbocycles. The van der Waals surface area contributed by atoms with Crippen molar-refractivity contribution >= 4 is 29.2 Å². The third-order valence-corrected chi connectivity index (χ3v) is 4.19. The topological polar surface area (TPSA) is 72.6 Å². The lowest BCUT2D eigenvalue weighted by Crippen LogP contribution is -2.16. The van der Waals surface area contributed by atoms with Crippen molar-refractivity contribution in [3.63, 3.8) is 0 Å². The summed E-state index contributed by atoms with van der Waals surface area (Å²) in [7, 11) is 3.18. The van der Waals surface area contributed by atoms with Crippen LogP contribution < -0.4 is 4.90 Å². The second-order valence-corrected chi connectivity index (χ2v) is 6.61. The molecule has 1 aromatic carbocycles. The summed E-state index contributed by atoms with van der Waals surface area (Å²) in [5, 5.41) is 11.9. The van der Waals surface area contributed by atoms with Crippen molar-refractivity contribution < 1.29 is 13.2 Å². The predicted octanol–water partition coefficient (Wildman–Crippen LogP) is 3.34. The van der Waals surface area contributed by atoms with Crippen molar-refractivity contribution in [3.8, 4) is 5.69 Å². The average molecular weight is 402 g/mol. The van der Waals surface area contributed by atoms with Crippen LogP contribution in [0.2, 0.25) is 5.02 Å². The van der Waals surface area contributed by atoms with E-state index in [9.17, 15) is 13.2 Å². The first-order valence-electron chi connectivity index (χ1n) is 7.10. The maximum atomic E-state index is 13.1. The van der Waals surface area contributed by atoms with Crippen molar-refractivity contribution in [2.45, 2.75) is 16.5 Å². The molecule has 0 amide bonds. The molecule has 0 N–H and O–H groups in total. The number of halogens is 4. The van der Waals surface area contributed by atoms with Gasteiger partial charge in [0.2, 0.25) is 5.16 Å². The highest BCUT2D eigenvalue weighted by Gasteiger charge is 2.34. The zero-order valence-corrected chi connectivity index (χ0v) is 15.0. The fraction of sp³-hybridized carbons (Fsp3) is 0.214. The van der Waals surface area contributed by atoms with E-state index in [1.807, 2.05) is 0 Å². The van der Waals surface area contributed by atoms with Crippen LogP contribution in [0.4, 0.5) is 19.0 Å². The standard InChI is InChI=1S/C14H11ClF3N7S/c1-24(2)11-7-10(14(16,17)18)19-12(20-11)26-13-21-22-23-25(13)9-5-3-8(15)4-6-9/h3-7H,1-2H3. The van der Waals surface area contributed by atoms with Crippen LogP contribution in [-0.2, 0) is 6.18 Å². The summed E-state index contributed by atoms with van der Waals surface area (Å²) in [6, 6.07) is 7.55. The number of nitrogens with zero attached hydrogens (tertiary/aromatic N) is 7. The first-order chi connectivity index (χ1) is 12.2. The molecule has 0 aliphatic carbocycles. The Morgan fingerprint density at radius 1 is 1.12 bits per heavy atom. The second-order valence-electron chi connectivity index (χ2n) is 5.24. The maximum absolute atomic E-state index is 13.1. The van der Waals surface area contributed by atoms with Gasteiger partial charge >= 0.3 is 6.18 Å². The Balaban J connectivity index is 1.98. The average Bonchev–Trinajstić information content (AvgIpc) is 3.02. The molecule has 0 atom stereocenters. The second kappa shape index (κ2) is 7.08. The normalized spacial score (nSPS) is 11.6. The maximum Gasteiger partial charge on any atom is 0.433 e. The molecule has 0 bridgehead atoms. The lowest BCUT2D eigenvalue weighted by molar-refractivity contribution is -0.141. The van der Waals surface area contributed by atoms with Crippen molar-refractivity contribution in [2.75, 3.05) is 19.0 Å². The number of alkyl halides is 3. The minimum Gasteiger partial charge on any atom is -0.363 e. The number of benzene rings is 1. The first-order valence-corrected chi connectivity index (χ1v) is 8.29. The highest BCUT2D eigenvalue weighted by Crippen LogP contribution is 2.32. The Hall–Kier alpha value is -2.40. The molecule has 2 aromatic heterocycles. The Labute approximate surface area is 155 Å². The smallest absolute Gasteiger partial charge is 0.363 e. The van der Waals surface area contributed by atoms with Gasteiger partial charge in [0.1, 0.15) is 5.82 Å². The summed E-state index contributed by atoms with van der Waals surface area (Å²) in [6.45, 7) is 0. The summed E-state index contributed by atoms with van der Waals surface area (Å²) in [4.78, 5) is 9.16. The third kappa shape index (κ3) is 4.05. The van der Waals surface area contributed by atoms with E-state index in [0.29, 0.717) is 10.7 Å². The molecule has 0 unspecified atom stereocenters. The molecular formula is C14H11ClF3N7S. The molecule has 0 radical (unpaired) electrons. The van der Waals surface area contributed by atoms with Crippen LogP contribution in [-0.4, -0.2) is 44.3 Å². The van der Waals surface area contributed by atoms with E-state index in [2.05, 4.69) is 25.5 Å². The van der Waals surface area contributed by atoms with Gasteiger partial charge in [0.25, 0.3) is 0 Å². The van der Waals surface area contributed by atoms with Gasteiger partial charge in [-0.2, -0.15) is 17.9 Å². The summed E-state index contributed by atoms with van der Waals surface area (Å²) < 4.78 is 40.6. The molecule has 3 rings (SSSR count). The van der Waals surface area contributed by atoms with E-state index in [4.69, 9.17) is 11.6 Å². The number of aromatic nitrogens is 6. The molecule has 2 heterocycles. The van der Waals surface area contributed by atoms with Gasteiger partial charge in [0.15, 0.2) is 10.9 Å². The Kier molecular flexibility index (Phi) is 5.01. The minimum atomic E-state index is -4.59. The SMILES string of the molecule is CN(C)c1cc(C(F)(F)F)nc(Sc2nnnn2-c2ccc(Cl)cc2)n1. The highest BCUT2D eigenvalue weighted by atomic mass is 35.5. The number of hydrogen-bond donors (Lipinski definition) is 0. The molecule has 12 heteroatoms. The van der Waals surface area contributed by atoms with Gasteiger partial charge in [-0.3, -0.25) is 0 Å². The minimum absolute atomic E-state index is 0.117. The molecule has 0 spiro atoms. The Bertz CT molecular complexity index is 912. The van der Waals surface area contributed by atoms with Crippen LogP contribution in [0.1, 0.15) is 5.69 Å². The van der Waals surface area contributed by atoms with E-state index in [0.717, 1.165) is 17.8 Å². The van der Waals surface area contributed by atoms with Crippen molar-refractivity contribution in [1.82, 2.24) is 30.2 Å². The monoisotopic (exact) mass is 401 g/mol. The van der Waals surface area contributed by atoms with Gasteiger partial charge in [-0.15, -0.1) is 5.10 Å². The molecular weight excluding hydrogens is 391 g/mol. The van der Waals surface area contributed by atoms with Gasteiger partial charge in [0.05, 0.1) is 5.69 Å². The van der Waals surface area contributed by atoms with Gasteiger partial charge < -0.3 is 4.90 Å². The van der Waals surface area contributed by atoms with E-state index in [-0.39, 0.29) is 16.1 Å². The largest absolute Gasteiger partial charge is 0.433 e. The lowest BCUT2D eigenvalue weighted by Gasteiger charge is -2.15. The van der Waals surface area contributed by atoms with Crippen LogP contribution in [0, 0.1) is 0 Å². The molecule has 0 saturated heterocycles. The number of tetrazole rings is 1. The fourth-order valence-electron chi connectivity index (χ4n) is 1.90. The quantitative estimate of drug-likeness (QED) is 0.621. The summed E-state index contributed by atoms with van der Waals surface area (Å²) >= 11 is 6.68. The fourth-order valence-corrected chi connectivity index (χ4v) is 2.78. The van der Waals surface area contributed by atoms with Gasteiger partial charge in [-0.05, 0) is 46.5 Å². The van der Waals surface area contributed by atoms with E-state index in [1.54, 1.807) is 38.4 Å². The molecule has 0 fully saturated rings. The van der Waals surface area contributed by atoms with Crippen molar-refractivity contribution in [1.29, 1.82) is 0 Å². The zero-order chi connectivity index (χ0) is 18.9. The highest BCUT2D eigenvalue weighted by molar-refractivity contribution is 7.99. The van der Waals surface area contributed by atoms with Crippen LogP contribution in [0.5, 0.6) is 0 Å². The van der Waals surface area contributed by atoms with Crippen LogP contribution >= 0.6 is 23.4 Å². The summed E-state index contributed by atoms with van der Waals surface area (Å²) in [6.07, 6.45) is -4.59. The molecule has 7 nitrogen and oxygen atoms in total. The molecule has 0 aliphatic heterocycles. The summed E-state index contributed by atoms with van der Waals surface area (Å²) in [5.74, 6) is 0.125. The van der Waals surface area contributed by atoms with Gasteiger partial charge in [0, 0.05) is 25.2 Å². The molecule has 0 aliphatic rings. The number of hydrogen-bond acceptors (Lipinski definition) is 7.